The zero-order valence-electron chi connectivity index (χ0n) is 15.4. The zero-order valence-corrected chi connectivity index (χ0v) is 17.0. The summed E-state index contributed by atoms with van der Waals surface area (Å²) in [6.45, 7) is 0. The Morgan fingerprint density at radius 3 is 2.57 bits per heavy atom. The van der Waals surface area contributed by atoms with Crippen molar-refractivity contribution in [3.8, 4) is 28.3 Å². The Bertz CT molecular complexity index is 1300. The van der Waals surface area contributed by atoms with E-state index in [1.54, 1.807) is 18.2 Å². The van der Waals surface area contributed by atoms with Gasteiger partial charge in [-0.1, -0.05) is 15.9 Å². The van der Waals surface area contributed by atoms with Crippen LogP contribution in [0.3, 0.4) is 0 Å². The summed E-state index contributed by atoms with van der Waals surface area (Å²) in [6, 6.07) is 12.5. The molecule has 2 N–H and O–H groups in total. The van der Waals surface area contributed by atoms with Gasteiger partial charge in [-0.2, -0.15) is 5.10 Å². The zero-order chi connectivity index (χ0) is 21.4. The summed E-state index contributed by atoms with van der Waals surface area (Å²) in [4.78, 5) is 26.9. The van der Waals surface area contributed by atoms with E-state index in [9.17, 15) is 20.0 Å². The van der Waals surface area contributed by atoms with Gasteiger partial charge in [-0.15, -0.1) is 0 Å². The van der Waals surface area contributed by atoms with Gasteiger partial charge in [0.1, 0.15) is 5.75 Å². The molecule has 150 valence electrons. The normalized spacial score (nSPS) is 10.9. The number of rotatable bonds is 5. The molecule has 2 aromatic heterocycles. The number of carboxylic acid groups (broad SMARTS) is 1. The van der Waals surface area contributed by atoms with E-state index in [1.165, 1.54) is 37.4 Å². The van der Waals surface area contributed by atoms with E-state index < -0.39 is 10.9 Å². The number of H-pyrrole nitrogens is 1. The molecule has 0 amide bonds. The largest absolute Gasteiger partial charge is 0.496 e. The van der Waals surface area contributed by atoms with Crippen molar-refractivity contribution in [1.82, 2.24) is 15.2 Å². The predicted octanol–water partition coefficient (Wildman–Crippen LogP) is 4.67. The molecule has 0 fully saturated rings. The number of nitro groups is 1. The number of benzene rings is 2. The quantitative estimate of drug-likeness (QED) is 0.321. The van der Waals surface area contributed by atoms with Crippen LogP contribution < -0.4 is 4.74 Å². The number of pyridine rings is 1. The average molecular weight is 469 g/mol. The molecule has 4 rings (SSSR count). The number of nitro benzene ring substituents is 1. The second-order valence-electron chi connectivity index (χ2n) is 6.31. The summed E-state index contributed by atoms with van der Waals surface area (Å²) in [7, 11) is 1.52. The number of hydrogen-bond acceptors (Lipinski definition) is 6. The molecule has 0 spiro atoms. The van der Waals surface area contributed by atoms with E-state index in [0.717, 1.165) is 4.47 Å². The Hall–Kier alpha value is -3.79. The molecule has 0 unspecified atom stereocenters. The number of hydrogen-bond donors (Lipinski definition) is 2. The van der Waals surface area contributed by atoms with Gasteiger partial charge in [0.2, 0.25) is 0 Å². The fourth-order valence-corrected chi connectivity index (χ4v) is 3.53. The molecule has 2 heterocycles. The van der Waals surface area contributed by atoms with Crippen LogP contribution in [-0.4, -0.2) is 38.3 Å². The monoisotopic (exact) mass is 468 g/mol. The molecule has 9 nitrogen and oxygen atoms in total. The molecule has 4 aromatic rings. The van der Waals surface area contributed by atoms with Crippen LogP contribution in [0.1, 0.15) is 10.4 Å². The predicted molar refractivity (Wildman–Crippen MR) is 113 cm³/mol. The summed E-state index contributed by atoms with van der Waals surface area (Å²) in [5.41, 5.74) is 2.11. The van der Waals surface area contributed by atoms with E-state index in [1.807, 2.05) is 0 Å². The first kappa shape index (κ1) is 19.5. The highest BCUT2D eigenvalue weighted by Crippen LogP contribution is 2.36. The van der Waals surface area contributed by atoms with Crippen molar-refractivity contribution in [2.45, 2.75) is 0 Å². The van der Waals surface area contributed by atoms with Crippen LogP contribution in [0.5, 0.6) is 5.75 Å². The minimum atomic E-state index is -1.15. The number of carboxylic acids is 1. The van der Waals surface area contributed by atoms with E-state index in [4.69, 9.17) is 4.74 Å². The molecule has 0 radical (unpaired) electrons. The molecular formula is C20H13BrN4O5. The Morgan fingerprint density at radius 1 is 1.20 bits per heavy atom. The Morgan fingerprint density at radius 2 is 1.93 bits per heavy atom. The SMILES string of the molecule is COc1ccc(Br)cc1-c1cc(C(=O)O)c2c(-c3ccc([N+](=O)[O-])cc3)[nH]nc2n1. The van der Waals surface area contributed by atoms with Gasteiger partial charge in [-0.05, 0) is 36.4 Å². The van der Waals surface area contributed by atoms with Crippen LogP contribution >= 0.6 is 15.9 Å². The number of halogens is 1. The van der Waals surface area contributed by atoms with E-state index in [-0.39, 0.29) is 16.9 Å². The molecule has 0 saturated heterocycles. The fourth-order valence-electron chi connectivity index (χ4n) is 3.17. The van der Waals surface area contributed by atoms with Crippen LogP contribution in [-0.2, 0) is 0 Å². The van der Waals surface area contributed by atoms with Gasteiger partial charge in [0.25, 0.3) is 5.69 Å². The lowest BCUT2D eigenvalue weighted by atomic mass is 10.0. The summed E-state index contributed by atoms with van der Waals surface area (Å²) in [5, 5.41) is 28.0. The number of fused-ring (bicyclic) bond motifs is 1. The maximum Gasteiger partial charge on any atom is 0.336 e. The van der Waals surface area contributed by atoms with Gasteiger partial charge < -0.3 is 9.84 Å². The van der Waals surface area contributed by atoms with Gasteiger partial charge in [-0.25, -0.2) is 9.78 Å². The van der Waals surface area contributed by atoms with Gasteiger partial charge in [0.15, 0.2) is 5.65 Å². The van der Waals surface area contributed by atoms with Crippen molar-refractivity contribution in [3.05, 3.63) is 68.7 Å². The summed E-state index contributed by atoms with van der Waals surface area (Å²) in [6.07, 6.45) is 0. The van der Waals surface area contributed by atoms with Crippen LogP contribution in [0, 0.1) is 10.1 Å². The van der Waals surface area contributed by atoms with E-state index >= 15 is 0 Å². The van der Waals surface area contributed by atoms with Crippen molar-refractivity contribution < 1.29 is 19.6 Å². The maximum atomic E-state index is 12.0. The molecule has 30 heavy (non-hydrogen) atoms. The molecule has 0 aliphatic rings. The lowest BCUT2D eigenvalue weighted by molar-refractivity contribution is -0.384. The molecule has 0 aliphatic heterocycles. The number of methoxy groups -OCH3 is 1. The highest BCUT2D eigenvalue weighted by molar-refractivity contribution is 9.10. The fraction of sp³-hybridized carbons (Fsp3) is 0.0500. The van der Waals surface area contributed by atoms with Crippen molar-refractivity contribution in [1.29, 1.82) is 0 Å². The average Bonchev–Trinajstić information content (AvgIpc) is 3.17. The topological polar surface area (TPSA) is 131 Å². The minimum Gasteiger partial charge on any atom is -0.496 e. The van der Waals surface area contributed by atoms with Gasteiger partial charge in [0.05, 0.1) is 34.4 Å². The van der Waals surface area contributed by atoms with Crippen LogP contribution in [0.15, 0.2) is 53.0 Å². The van der Waals surface area contributed by atoms with Crippen molar-refractivity contribution in [2.75, 3.05) is 7.11 Å². The second kappa shape index (κ2) is 7.56. The lowest BCUT2D eigenvalue weighted by Gasteiger charge is -2.10. The Kier molecular flexibility index (Phi) is 4.92. The molecule has 0 atom stereocenters. The highest BCUT2D eigenvalue weighted by Gasteiger charge is 2.21. The number of nitrogens with zero attached hydrogens (tertiary/aromatic N) is 3. The molecule has 10 heteroatoms. The molecule has 0 aliphatic carbocycles. The highest BCUT2D eigenvalue weighted by atomic mass is 79.9. The third-order valence-corrected chi connectivity index (χ3v) is 5.05. The second-order valence-corrected chi connectivity index (χ2v) is 7.22. The van der Waals surface area contributed by atoms with E-state index in [2.05, 4.69) is 31.1 Å². The minimum absolute atomic E-state index is 0.000804. The smallest absolute Gasteiger partial charge is 0.336 e. The third kappa shape index (κ3) is 3.37. The van der Waals surface area contributed by atoms with Crippen molar-refractivity contribution in [2.24, 2.45) is 0 Å². The number of carbonyl (C=O) groups is 1. The molecule has 0 saturated carbocycles. The van der Waals surface area contributed by atoms with Gasteiger partial charge in [-0.3, -0.25) is 15.2 Å². The number of nitrogens with one attached hydrogen (secondary N) is 1. The van der Waals surface area contributed by atoms with Crippen LogP contribution in [0.2, 0.25) is 0 Å². The number of non-ortho nitro benzene ring substituents is 1. The Labute approximate surface area is 177 Å². The number of ether oxygens (including phenoxy) is 1. The van der Waals surface area contributed by atoms with Gasteiger partial charge in [0, 0.05) is 27.7 Å². The van der Waals surface area contributed by atoms with E-state index in [0.29, 0.717) is 33.7 Å². The van der Waals surface area contributed by atoms with Gasteiger partial charge >= 0.3 is 5.97 Å². The molecule has 2 aromatic carbocycles. The maximum absolute atomic E-state index is 12.0. The Balaban J connectivity index is 1.93. The number of aromatic carboxylic acids is 1. The third-order valence-electron chi connectivity index (χ3n) is 4.56. The molecular weight excluding hydrogens is 456 g/mol. The summed E-state index contributed by atoms with van der Waals surface area (Å²) >= 11 is 3.40. The first-order chi connectivity index (χ1) is 14.4. The van der Waals surface area contributed by atoms with Crippen LogP contribution in [0.25, 0.3) is 33.5 Å². The number of aromatic nitrogens is 3. The summed E-state index contributed by atoms with van der Waals surface area (Å²) < 4.78 is 6.16. The van der Waals surface area contributed by atoms with Crippen molar-refractivity contribution >= 4 is 38.6 Å². The molecule has 0 bridgehead atoms. The summed E-state index contributed by atoms with van der Waals surface area (Å²) in [5.74, 6) is -0.616. The van der Waals surface area contributed by atoms with Crippen molar-refractivity contribution in [3.63, 3.8) is 0 Å². The lowest BCUT2D eigenvalue weighted by Crippen LogP contribution is -2.01. The first-order valence-electron chi connectivity index (χ1n) is 8.60. The standard InChI is InChI=1S/C20H13BrN4O5/c1-30-16-7-4-11(21)8-13(16)15-9-14(20(26)27)17-18(23-24-19(17)22-15)10-2-5-12(6-3-10)25(28)29/h2-9H,1H3,(H,26,27)(H,22,23,24). The first-order valence-corrected chi connectivity index (χ1v) is 9.39. The van der Waals surface area contributed by atoms with Crippen LogP contribution in [0.4, 0.5) is 5.69 Å². The number of aromatic amines is 1.